The number of benzene rings is 1. The van der Waals surface area contributed by atoms with Gasteiger partial charge in [-0.25, -0.2) is 14.5 Å². The van der Waals surface area contributed by atoms with Crippen molar-refractivity contribution in [3.05, 3.63) is 50.8 Å². The van der Waals surface area contributed by atoms with Crippen molar-refractivity contribution >= 4 is 28.2 Å². The van der Waals surface area contributed by atoms with Crippen LogP contribution in [0, 0.1) is 17.1 Å². The van der Waals surface area contributed by atoms with Crippen LogP contribution in [0.25, 0.3) is 33.3 Å². The van der Waals surface area contributed by atoms with Crippen LogP contribution >= 0.6 is 11.6 Å². The van der Waals surface area contributed by atoms with Gasteiger partial charge < -0.3 is 15.8 Å². The van der Waals surface area contributed by atoms with Gasteiger partial charge in [-0.05, 0) is 18.9 Å². The smallest absolute Gasteiger partial charge is 0.275 e. The molecular formula is C23H20ClFN8O2. The highest BCUT2D eigenvalue weighted by molar-refractivity contribution is 6.31. The Kier molecular flexibility index (Phi) is 4.77. The highest BCUT2D eigenvalue weighted by atomic mass is 35.5. The van der Waals surface area contributed by atoms with Crippen molar-refractivity contribution in [2.45, 2.75) is 25.5 Å². The van der Waals surface area contributed by atoms with Crippen LogP contribution in [0.1, 0.15) is 28.2 Å². The van der Waals surface area contributed by atoms with Crippen LogP contribution in [0.3, 0.4) is 0 Å². The molecule has 1 aliphatic carbocycles. The third-order valence-corrected chi connectivity index (χ3v) is 6.00. The van der Waals surface area contributed by atoms with Crippen LogP contribution in [-0.2, 0) is 13.6 Å². The second kappa shape index (κ2) is 8.65. The number of hydrogen-bond acceptors (Lipinski definition) is 8. The topological polar surface area (TPSA) is 148 Å². The number of anilines is 1. The fraction of sp³-hybridized carbons (Fsp3) is 0.261. The van der Waals surface area contributed by atoms with Gasteiger partial charge in [-0.3, -0.25) is 9.48 Å². The van der Waals surface area contributed by atoms with E-state index in [1.54, 1.807) is 7.05 Å². The van der Waals surface area contributed by atoms with E-state index in [4.69, 9.17) is 26.2 Å². The monoisotopic (exact) mass is 497 g/mol. The molecule has 3 aromatic heterocycles. The van der Waals surface area contributed by atoms with E-state index >= 15 is 4.39 Å². The minimum absolute atomic E-state index is 0.0578. The minimum atomic E-state index is -2.70. The normalized spacial score (nSPS) is 14.8. The van der Waals surface area contributed by atoms with Gasteiger partial charge in [0.15, 0.2) is 5.82 Å². The third-order valence-electron chi connectivity index (χ3n) is 5.73. The SMILES string of the molecule is [2H]C([2H])([2H])Nc1nc(-c2cnn(C)c2-c2c(F)c(Cl)cc(OC3CC3)c2C#N)cc2c(CN)n[nH]c(=O)c12. The van der Waals surface area contributed by atoms with E-state index in [1.807, 2.05) is 6.07 Å². The van der Waals surface area contributed by atoms with E-state index in [0.717, 1.165) is 12.8 Å². The van der Waals surface area contributed by atoms with Crippen LogP contribution < -0.4 is 21.3 Å². The second-order valence-electron chi connectivity index (χ2n) is 7.99. The number of hydrogen-bond donors (Lipinski definition) is 3. The summed E-state index contributed by atoms with van der Waals surface area (Å²) in [6.07, 6.45) is 2.92. The Morgan fingerprint density at radius 2 is 2.29 bits per heavy atom. The van der Waals surface area contributed by atoms with E-state index in [-0.39, 0.29) is 73.8 Å². The highest BCUT2D eigenvalue weighted by Gasteiger charge is 2.30. The van der Waals surface area contributed by atoms with Gasteiger partial charge >= 0.3 is 0 Å². The van der Waals surface area contributed by atoms with Gasteiger partial charge in [0, 0.05) is 41.7 Å². The molecule has 5 rings (SSSR count). The number of fused-ring (bicyclic) bond motifs is 1. The van der Waals surface area contributed by atoms with Gasteiger partial charge in [-0.1, -0.05) is 11.6 Å². The van der Waals surface area contributed by atoms with Gasteiger partial charge in [0.2, 0.25) is 0 Å². The van der Waals surface area contributed by atoms with Crippen molar-refractivity contribution < 1.29 is 13.2 Å². The fourth-order valence-electron chi connectivity index (χ4n) is 3.94. The maximum atomic E-state index is 15.6. The molecule has 1 saturated carbocycles. The summed E-state index contributed by atoms with van der Waals surface area (Å²) in [6, 6.07) is 4.77. The first kappa shape index (κ1) is 19.3. The maximum Gasteiger partial charge on any atom is 0.275 e. The molecule has 1 aromatic carbocycles. The summed E-state index contributed by atoms with van der Waals surface area (Å²) in [7, 11) is 1.54. The summed E-state index contributed by atoms with van der Waals surface area (Å²) in [5.74, 6) is -0.977. The van der Waals surface area contributed by atoms with Crippen molar-refractivity contribution in [3.63, 3.8) is 0 Å². The van der Waals surface area contributed by atoms with Crippen LogP contribution in [-0.4, -0.2) is 38.0 Å². The standard InChI is InChI=1S/C23H20ClFN8O2/c1-28-22-19-11(16(8-27)31-32-23(19)34)5-15(30-22)13-9-29-33(2)21(13)18-12(7-26)17(35-10-3-4-10)6-14(24)20(18)25/h5-6,9-10H,3-4,8,27H2,1-2H3,(H,28,30)(H,32,34)/i1D3. The van der Waals surface area contributed by atoms with Crippen molar-refractivity contribution in [2.75, 3.05) is 12.3 Å². The zero-order valence-corrected chi connectivity index (χ0v) is 19.1. The summed E-state index contributed by atoms with van der Waals surface area (Å²) in [6.45, 7) is -2.77. The van der Waals surface area contributed by atoms with Crippen LogP contribution in [0.4, 0.5) is 10.2 Å². The number of aromatic amines is 1. The average Bonchev–Trinajstić information content (AvgIpc) is 3.59. The Morgan fingerprint density at radius 1 is 1.49 bits per heavy atom. The lowest BCUT2D eigenvalue weighted by Crippen LogP contribution is -2.15. The maximum absolute atomic E-state index is 15.6. The number of nitriles is 1. The number of halogens is 2. The zero-order valence-electron chi connectivity index (χ0n) is 21.3. The quantitative estimate of drug-likeness (QED) is 0.368. The Hall–Kier alpha value is -4.01. The average molecular weight is 498 g/mol. The number of pyridine rings is 1. The lowest BCUT2D eigenvalue weighted by Gasteiger charge is -2.15. The van der Waals surface area contributed by atoms with E-state index in [0.29, 0.717) is 0 Å². The molecule has 0 spiro atoms. The lowest BCUT2D eigenvalue weighted by molar-refractivity contribution is 0.302. The molecule has 0 unspecified atom stereocenters. The molecular weight excluding hydrogens is 475 g/mol. The molecule has 0 amide bonds. The van der Waals surface area contributed by atoms with Crippen molar-refractivity contribution in [3.8, 4) is 34.3 Å². The number of ether oxygens (including phenoxy) is 1. The molecule has 1 aliphatic rings. The summed E-state index contributed by atoms with van der Waals surface area (Å²) in [5, 5.41) is 22.7. The predicted octanol–water partition coefficient (Wildman–Crippen LogP) is 3.09. The zero-order chi connectivity index (χ0) is 27.4. The summed E-state index contributed by atoms with van der Waals surface area (Å²) in [5.41, 5.74) is 5.70. The summed E-state index contributed by atoms with van der Waals surface area (Å²) < 4.78 is 45.7. The molecule has 178 valence electrons. The molecule has 12 heteroatoms. The third kappa shape index (κ3) is 3.77. The number of nitrogens with zero attached hydrogens (tertiary/aromatic N) is 5. The van der Waals surface area contributed by atoms with Crippen LogP contribution in [0.15, 0.2) is 23.1 Å². The summed E-state index contributed by atoms with van der Waals surface area (Å²) in [4.78, 5) is 17.0. The molecule has 3 heterocycles. The molecule has 0 saturated heterocycles. The number of aromatic nitrogens is 5. The van der Waals surface area contributed by atoms with Gasteiger partial charge in [-0.2, -0.15) is 15.5 Å². The predicted molar refractivity (Wildman–Crippen MR) is 129 cm³/mol. The molecule has 10 nitrogen and oxygen atoms in total. The van der Waals surface area contributed by atoms with Gasteiger partial charge in [0.1, 0.15) is 23.2 Å². The van der Waals surface area contributed by atoms with Crippen molar-refractivity contribution in [2.24, 2.45) is 12.8 Å². The van der Waals surface area contributed by atoms with Crippen molar-refractivity contribution in [1.29, 1.82) is 5.26 Å². The van der Waals surface area contributed by atoms with E-state index in [9.17, 15) is 10.1 Å². The second-order valence-corrected chi connectivity index (χ2v) is 8.39. The number of aryl methyl sites for hydroxylation is 1. The first-order valence-electron chi connectivity index (χ1n) is 12.0. The van der Waals surface area contributed by atoms with E-state index < -0.39 is 18.4 Å². The fourth-order valence-corrected chi connectivity index (χ4v) is 4.13. The first-order valence-corrected chi connectivity index (χ1v) is 10.9. The van der Waals surface area contributed by atoms with Crippen LogP contribution in [0.2, 0.25) is 5.02 Å². The highest BCUT2D eigenvalue weighted by Crippen LogP contribution is 2.43. The van der Waals surface area contributed by atoms with E-state index in [2.05, 4.69) is 25.6 Å². The molecule has 35 heavy (non-hydrogen) atoms. The molecule has 4 aromatic rings. The summed E-state index contributed by atoms with van der Waals surface area (Å²) >= 11 is 6.21. The van der Waals surface area contributed by atoms with Gasteiger partial charge in [-0.15, -0.1) is 0 Å². The van der Waals surface area contributed by atoms with Gasteiger partial charge in [0.05, 0.1) is 45.4 Å². The van der Waals surface area contributed by atoms with Gasteiger partial charge in [0.25, 0.3) is 5.56 Å². The first-order chi connectivity index (χ1) is 18.0. The molecule has 0 bridgehead atoms. The lowest BCUT2D eigenvalue weighted by atomic mass is 9.98. The van der Waals surface area contributed by atoms with Crippen molar-refractivity contribution in [1.82, 2.24) is 25.0 Å². The minimum Gasteiger partial charge on any atom is -0.489 e. The molecule has 0 aliphatic heterocycles. The van der Waals surface area contributed by atoms with E-state index in [1.165, 1.54) is 23.0 Å². The number of nitrogens with one attached hydrogen (secondary N) is 2. The Balaban J connectivity index is 1.81. The Morgan fingerprint density at radius 3 is 2.97 bits per heavy atom. The Bertz CT molecular complexity index is 1690. The van der Waals surface area contributed by atoms with Crippen LogP contribution in [0.5, 0.6) is 5.75 Å². The molecule has 0 radical (unpaired) electrons. The largest absolute Gasteiger partial charge is 0.489 e. The number of rotatable bonds is 6. The molecule has 0 atom stereocenters. The number of nitrogens with two attached hydrogens (primary N) is 1. The molecule has 1 fully saturated rings. The number of H-pyrrole nitrogens is 1. The molecule has 4 N–H and O–H groups in total. The Labute approximate surface area is 207 Å².